The van der Waals surface area contributed by atoms with Gasteiger partial charge < -0.3 is 15.2 Å². The van der Waals surface area contributed by atoms with Crippen molar-refractivity contribution in [1.29, 1.82) is 0 Å². The van der Waals surface area contributed by atoms with Crippen LogP contribution in [-0.4, -0.2) is 40.0 Å². The summed E-state index contributed by atoms with van der Waals surface area (Å²) >= 11 is 0. The second kappa shape index (κ2) is 9.25. The van der Waals surface area contributed by atoms with Crippen LogP contribution >= 0.6 is 24.0 Å². The van der Waals surface area contributed by atoms with Crippen molar-refractivity contribution < 1.29 is 0 Å². The molecule has 0 bridgehead atoms. The summed E-state index contributed by atoms with van der Waals surface area (Å²) in [5.74, 6) is 1.79. The lowest BCUT2D eigenvalue weighted by Gasteiger charge is -2.21. The number of aryl methyl sites for hydroxylation is 2. The average molecular weight is 441 g/mol. The van der Waals surface area contributed by atoms with E-state index < -0.39 is 0 Å². The van der Waals surface area contributed by atoms with Gasteiger partial charge in [0.2, 0.25) is 0 Å². The highest BCUT2D eigenvalue weighted by molar-refractivity contribution is 14.0. The highest BCUT2D eigenvalue weighted by Crippen LogP contribution is 2.15. The number of likely N-dealkylation sites (tertiary alicyclic amines) is 1. The minimum absolute atomic E-state index is 0. The number of benzene rings is 1. The first kappa shape index (κ1) is 19.0. The zero-order chi connectivity index (χ0) is 16.1. The standard InChI is InChI=1S/C18H27N5.HI/c1-15-21-16-9-4-5-10-17(16)23(15)14-8-11-20-18(19)22-12-6-2-3-7-13-22;/h4-5,9-10H,2-3,6-8,11-14H2,1H3,(H2,19,20);1H. The van der Waals surface area contributed by atoms with E-state index in [1.54, 1.807) is 0 Å². The second-order valence-corrected chi connectivity index (χ2v) is 6.29. The maximum atomic E-state index is 6.15. The average Bonchev–Trinajstić information content (AvgIpc) is 2.74. The summed E-state index contributed by atoms with van der Waals surface area (Å²) in [7, 11) is 0. The van der Waals surface area contributed by atoms with Gasteiger partial charge in [-0.05, 0) is 38.3 Å². The molecule has 1 aliphatic rings. The van der Waals surface area contributed by atoms with Crippen molar-refractivity contribution in [2.75, 3.05) is 19.6 Å². The monoisotopic (exact) mass is 441 g/mol. The predicted octanol–water partition coefficient (Wildman–Crippen LogP) is 3.54. The van der Waals surface area contributed by atoms with Crippen LogP contribution in [0.4, 0.5) is 0 Å². The van der Waals surface area contributed by atoms with E-state index in [1.165, 1.54) is 31.2 Å². The van der Waals surface area contributed by atoms with Crippen molar-refractivity contribution in [1.82, 2.24) is 14.5 Å². The number of halogens is 1. The number of hydrogen-bond acceptors (Lipinski definition) is 2. The molecule has 1 aromatic carbocycles. The Balaban J connectivity index is 0.00000208. The molecule has 1 fully saturated rings. The zero-order valence-electron chi connectivity index (χ0n) is 14.4. The number of aromatic nitrogens is 2. The van der Waals surface area contributed by atoms with E-state index in [9.17, 15) is 0 Å². The quantitative estimate of drug-likeness (QED) is 0.342. The van der Waals surface area contributed by atoms with Crippen molar-refractivity contribution in [3.63, 3.8) is 0 Å². The number of nitrogens with two attached hydrogens (primary N) is 1. The fourth-order valence-corrected chi connectivity index (χ4v) is 3.30. The van der Waals surface area contributed by atoms with Crippen LogP contribution in [-0.2, 0) is 6.54 Å². The Kier molecular flexibility index (Phi) is 7.33. The maximum Gasteiger partial charge on any atom is 0.191 e. The van der Waals surface area contributed by atoms with Gasteiger partial charge in [0.25, 0.3) is 0 Å². The first-order valence-corrected chi connectivity index (χ1v) is 8.72. The number of fused-ring (bicyclic) bond motifs is 1. The number of aliphatic imine (C=N–C) groups is 1. The molecule has 0 aliphatic carbocycles. The lowest BCUT2D eigenvalue weighted by Crippen LogP contribution is -2.38. The predicted molar refractivity (Wildman–Crippen MR) is 111 cm³/mol. The van der Waals surface area contributed by atoms with Crippen LogP contribution < -0.4 is 5.73 Å². The highest BCUT2D eigenvalue weighted by Gasteiger charge is 2.10. The van der Waals surface area contributed by atoms with Crippen LogP contribution in [0.3, 0.4) is 0 Å². The third-order valence-corrected chi connectivity index (χ3v) is 4.59. The summed E-state index contributed by atoms with van der Waals surface area (Å²) < 4.78 is 2.27. The molecule has 0 unspecified atom stereocenters. The van der Waals surface area contributed by atoms with Gasteiger partial charge in [0.15, 0.2) is 5.96 Å². The van der Waals surface area contributed by atoms with E-state index in [2.05, 4.69) is 44.6 Å². The van der Waals surface area contributed by atoms with Gasteiger partial charge in [-0.2, -0.15) is 0 Å². The molecular formula is C18H28IN5. The second-order valence-electron chi connectivity index (χ2n) is 6.29. The van der Waals surface area contributed by atoms with E-state index in [1.807, 2.05) is 6.07 Å². The van der Waals surface area contributed by atoms with Crippen LogP contribution in [0.1, 0.15) is 37.9 Å². The summed E-state index contributed by atoms with van der Waals surface area (Å²) in [6, 6.07) is 8.29. The van der Waals surface area contributed by atoms with Crippen molar-refractivity contribution in [3.8, 4) is 0 Å². The smallest absolute Gasteiger partial charge is 0.191 e. The molecule has 6 heteroatoms. The Morgan fingerprint density at radius 3 is 2.62 bits per heavy atom. The Bertz CT molecular complexity index is 671. The van der Waals surface area contributed by atoms with E-state index in [0.717, 1.165) is 49.9 Å². The molecule has 24 heavy (non-hydrogen) atoms. The fraction of sp³-hybridized carbons (Fsp3) is 0.556. The fourth-order valence-electron chi connectivity index (χ4n) is 3.30. The van der Waals surface area contributed by atoms with Gasteiger partial charge in [-0.25, -0.2) is 4.98 Å². The molecule has 2 heterocycles. The van der Waals surface area contributed by atoms with Gasteiger partial charge in [-0.15, -0.1) is 24.0 Å². The summed E-state index contributed by atoms with van der Waals surface area (Å²) in [4.78, 5) is 11.4. The van der Waals surface area contributed by atoms with Crippen LogP contribution in [0, 0.1) is 6.92 Å². The third-order valence-electron chi connectivity index (χ3n) is 4.59. The molecule has 0 atom stereocenters. The van der Waals surface area contributed by atoms with E-state index >= 15 is 0 Å². The van der Waals surface area contributed by atoms with Crippen molar-refractivity contribution >= 4 is 41.0 Å². The summed E-state index contributed by atoms with van der Waals surface area (Å²) in [6.45, 7) is 5.88. The van der Waals surface area contributed by atoms with Gasteiger partial charge in [-0.3, -0.25) is 4.99 Å². The minimum Gasteiger partial charge on any atom is -0.370 e. The number of rotatable bonds is 4. The summed E-state index contributed by atoms with van der Waals surface area (Å²) in [5.41, 5.74) is 8.42. The highest BCUT2D eigenvalue weighted by atomic mass is 127. The first-order chi connectivity index (χ1) is 11.3. The molecule has 132 valence electrons. The largest absolute Gasteiger partial charge is 0.370 e. The normalized spacial score (nSPS) is 16.0. The lowest BCUT2D eigenvalue weighted by molar-refractivity contribution is 0.428. The molecule has 1 aliphatic heterocycles. The number of guanidine groups is 1. The molecule has 0 saturated carbocycles. The van der Waals surface area contributed by atoms with Crippen LogP contribution in [0.5, 0.6) is 0 Å². The van der Waals surface area contributed by atoms with Gasteiger partial charge in [0.1, 0.15) is 5.82 Å². The topological polar surface area (TPSA) is 59.4 Å². The molecule has 1 saturated heterocycles. The van der Waals surface area contributed by atoms with Gasteiger partial charge in [0.05, 0.1) is 11.0 Å². The molecule has 3 rings (SSSR count). The molecule has 5 nitrogen and oxygen atoms in total. The number of hydrogen-bond donors (Lipinski definition) is 1. The molecule has 2 aromatic rings. The van der Waals surface area contributed by atoms with Crippen molar-refractivity contribution in [3.05, 3.63) is 30.1 Å². The summed E-state index contributed by atoms with van der Waals surface area (Å²) in [6.07, 6.45) is 6.08. The lowest BCUT2D eigenvalue weighted by atomic mass is 10.2. The molecule has 1 aromatic heterocycles. The molecule has 0 spiro atoms. The molecule has 0 amide bonds. The minimum atomic E-state index is 0. The van der Waals surface area contributed by atoms with Crippen molar-refractivity contribution in [2.24, 2.45) is 10.7 Å². The number of nitrogens with zero attached hydrogens (tertiary/aromatic N) is 4. The maximum absolute atomic E-state index is 6.15. The van der Waals surface area contributed by atoms with Crippen LogP contribution in [0.25, 0.3) is 11.0 Å². The third kappa shape index (κ3) is 4.62. The Morgan fingerprint density at radius 1 is 1.17 bits per heavy atom. The van der Waals surface area contributed by atoms with Crippen LogP contribution in [0.2, 0.25) is 0 Å². The Labute approximate surface area is 161 Å². The van der Waals surface area contributed by atoms with Crippen molar-refractivity contribution in [2.45, 2.75) is 45.6 Å². The Morgan fingerprint density at radius 2 is 1.88 bits per heavy atom. The van der Waals surface area contributed by atoms with E-state index in [4.69, 9.17) is 5.73 Å². The Hall–Kier alpha value is -1.31. The van der Waals surface area contributed by atoms with Crippen LogP contribution in [0.15, 0.2) is 29.3 Å². The number of imidazole rings is 1. The molecular weight excluding hydrogens is 413 g/mol. The molecule has 0 radical (unpaired) electrons. The van der Waals surface area contributed by atoms with Gasteiger partial charge in [-0.1, -0.05) is 25.0 Å². The van der Waals surface area contributed by atoms with E-state index in [0.29, 0.717) is 0 Å². The van der Waals surface area contributed by atoms with Gasteiger partial charge >= 0.3 is 0 Å². The molecule has 2 N–H and O–H groups in total. The zero-order valence-corrected chi connectivity index (χ0v) is 16.8. The summed E-state index contributed by atoms with van der Waals surface area (Å²) in [5, 5.41) is 0. The SMILES string of the molecule is Cc1nc2ccccc2n1CCCN=C(N)N1CCCCCC1.I. The van der Waals surface area contributed by atoms with Gasteiger partial charge in [0, 0.05) is 26.2 Å². The first-order valence-electron chi connectivity index (χ1n) is 8.72. The van der Waals surface area contributed by atoms with E-state index in [-0.39, 0.29) is 24.0 Å². The number of para-hydroxylation sites is 2.